The summed E-state index contributed by atoms with van der Waals surface area (Å²) in [5, 5.41) is 108. The summed E-state index contributed by atoms with van der Waals surface area (Å²) in [4.78, 5) is 0. The Morgan fingerprint density at radius 1 is 0.646 bits per heavy atom. The zero-order valence-electron chi connectivity index (χ0n) is 38.8. The number of hydrogen-bond acceptors (Lipinski definition) is 18. The third kappa shape index (κ3) is 7.40. The van der Waals surface area contributed by atoms with Crippen molar-refractivity contribution in [3.63, 3.8) is 0 Å². The van der Waals surface area contributed by atoms with Crippen molar-refractivity contribution in [2.24, 2.45) is 45.3 Å². The fraction of sp³-hybridized carbons (Fsp3) is 0.957. The molecule has 0 amide bonds. The van der Waals surface area contributed by atoms with Gasteiger partial charge in [-0.2, -0.15) is 0 Å². The second-order valence-electron chi connectivity index (χ2n) is 22.9. The first kappa shape index (κ1) is 49.0. The molecule has 0 aromatic heterocycles. The van der Waals surface area contributed by atoms with E-state index < -0.39 is 129 Å². The number of aliphatic hydroxyl groups excluding tert-OH is 9. The van der Waals surface area contributed by atoms with Crippen LogP contribution in [0.4, 0.5) is 0 Å². The standard InChI is InChI=1S/C47H76O18/c1-21(2)14-22-15-45(7,57)38-23-8-9-28-43(5)12-11-29(42(3,4)27(43)10-13-44(28,6)46(23)19-47(38,65-22)58-20-46)62-41-37(64-39-34(55)31(52)25(17-49)60-39)36(32(53)26(18-50)61-41)63-40-35(56)33(54)30(51)24(16-48)59-40/h14,22-41,48-57H,8-13,15-20H2,1-7H3/t22-,23+,24+,25+,26+,27-,28+,29-,30+,31+,32-,33-,34-,35+,36-,37+,38-,39?,40?,41?,43-,44+,45-,46-,47-/m0/s1. The number of rotatable bonds is 10. The SMILES string of the molecule is CC(C)=C[C@H]1C[C@](C)(O)[C@@H]2[C@H]3CC[C@@H]4[C@@]5(C)CC[C@H](OC6O[C@H](CO)[C@H](O)[C@H](OC7O[C@H](CO)[C@@H](O)[C@H](O)[C@H]7O)[C@H]6OC6O[C@H](CO)[C@@H](O)[C@@H]6O)C(C)(C)[C@@H]5CC[C@@]4(C)[C@@]34CO[C@@]2(C4)O1. The van der Waals surface area contributed by atoms with E-state index in [0.717, 1.165) is 44.1 Å². The second kappa shape index (κ2) is 17.1. The molecule has 5 saturated heterocycles. The Morgan fingerprint density at radius 2 is 1.23 bits per heavy atom. The summed E-state index contributed by atoms with van der Waals surface area (Å²) >= 11 is 0. The lowest BCUT2D eigenvalue weighted by atomic mass is 9.35. The Bertz CT molecular complexity index is 1760. The summed E-state index contributed by atoms with van der Waals surface area (Å²) in [5.74, 6) is -0.184. The van der Waals surface area contributed by atoms with E-state index >= 15 is 0 Å². The van der Waals surface area contributed by atoms with E-state index in [1.54, 1.807) is 0 Å². The number of allylic oxidation sites excluding steroid dienone is 1. The molecular formula is C47H76O18. The molecule has 5 heterocycles. The van der Waals surface area contributed by atoms with Crippen molar-refractivity contribution in [3.05, 3.63) is 11.6 Å². The third-order valence-electron chi connectivity index (χ3n) is 18.8. The van der Waals surface area contributed by atoms with Gasteiger partial charge in [0.05, 0.1) is 44.2 Å². The van der Waals surface area contributed by atoms with Gasteiger partial charge in [0, 0.05) is 24.2 Å². The highest BCUT2D eigenvalue weighted by Gasteiger charge is 2.81. The zero-order valence-corrected chi connectivity index (χ0v) is 38.8. The third-order valence-corrected chi connectivity index (χ3v) is 18.8. The van der Waals surface area contributed by atoms with Crippen molar-refractivity contribution in [1.29, 1.82) is 0 Å². The molecule has 25 atom stereocenters. The fourth-order valence-corrected chi connectivity index (χ4v) is 15.9. The molecule has 2 spiro atoms. The van der Waals surface area contributed by atoms with E-state index in [1.807, 2.05) is 6.92 Å². The molecule has 4 aliphatic carbocycles. The highest BCUT2D eigenvalue weighted by atomic mass is 16.8. The molecule has 4 saturated carbocycles. The van der Waals surface area contributed by atoms with Crippen LogP contribution < -0.4 is 0 Å². The molecule has 10 N–H and O–H groups in total. The average molecular weight is 929 g/mol. The Morgan fingerprint density at radius 3 is 1.86 bits per heavy atom. The molecule has 0 radical (unpaired) electrons. The minimum Gasteiger partial charge on any atom is -0.394 e. The van der Waals surface area contributed by atoms with E-state index in [2.05, 4.69) is 47.6 Å². The molecular weight excluding hydrogens is 852 g/mol. The molecule has 372 valence electrons. The number of hydrogen-bond donors (Lipinski definition) is 10. The molecule has 9 rings (SSSR count). The van der Waals surface area contributed by atoms with Crippen LogP contribution in [0, 0.1) is 45.3 Å². The monoisotopic (exact) mass is 929 g/mol. The van der Waals surface area contributed by atoms with E-state index in [1.165, 1.54) is 0 Å². The maximum atomic E-state index is 12.2. The average Bonchev–Trinajstić information content (AvgIpc) is 3.86. The van der Waals surface area contributed by atoms with Crippen LogP contribution in [0.15, 0.2) is 11.6 Å². The van der Waals surface area contributed by atoms with Gasteiger partial charge < -0.3 is 89.0 Å². The van der Waals surface area contributed by atoms with Gasteiger partial charge in [-0.3, -0.25) is 0 Å². The highest BCUT2D eigenvalue weighted by Crippen LogP contribution is 2.80. The minimum absolute atomic E-state index is 0.0960. The van der Waals surface area contributed by atoms with Gasteiger partial charge in [0.2, 0.25) is 0 Å². The molecule has 18 heteroatoms. The van der Waals surface area contributed by atoms with Crippen molar-refractivity contribution in [3.8, 4) is 0 Å². The van der Waals surface area contributed by atoms with Crippen molar-refractivity contribution in [2.45, 2.75) is 209 Å². The predicted molar refractivity (Wildman–Crippen MR) is 225 cm³/mol. The van der Waals surface area contributed by atoms with Crippen molar-refractivity contribution < 1.29 is 89.0 Å². The van der Waals surface area contributed by atoms with E-state index in [4.69, 9.17) is 37.9 Å². The second-order valence-corrected chi connectivity index (χ2v) is 22.9. The molecule has 3 unspecified atom stereocenters. The first-order valence-electron chi connectivity index (χ1n) is 24.1. The molecule has 0 aromatic carbocycles. The molecule has 9 fully saturated rings. The summed E-state index contributed by atoms with van der Waals surface area (Å²) in [6.07, 6.45) is -14.0. The van der Waals surface area contributed by atoms with E-state index in [0.29, 0.717) is 25.4 Å². The molecule has 5 aliphatic heterocycles. The van der Waals surface area contributed by atoms with Crippen LogP contribution >= 0.6 is 0 Å². The van der Waals surface area contributed by atoms with Crippen LogP contribution in [-0.2, 0) is 37.9 Å². The quantitative estimate of drug-likeness (QED) is 0.102. The molecule has 65 heavy (non-hydrogen) atoms. The van der Waals surface area contributed by atoms with Gasteiger partial charge in [0.15, 0.2) is 24.7 Å². The summed E-state index contributed by atoms with van der Waals surface area (Å²) in [7, 11) is 0. The maximum absolute atomic E-state index is 12.2. The van der Waals surface area contributed by atoms with Gasteiger partial charge in [0.25, 0.3) is 0 Å². The Labute approximate surface area is 381 Å². The normalized spacial score (nSPS) is 56.9. The lowest BCUT2D eigenvalue weighted by Crippen LogP contribution is -2.68. The van der Waals surface area contributed by atoms with Gasteiger partial charge in [-0.15, -0.1) is 0 Å². The first-order valence-corrected chi connectivity index (χ1v) is 24.1. The smallest absolute Gasteiger partial charge is 0.187 e. The van der Waals surface area contributed by atoms with Crippen LogP contribution in [0.1, 0.15) is 99.8 Å². The van der Waals surface area contributed by atoms with Crippen LogP contribution in [0.25, 0.3) is 0 Å². The minimum atomic E-state index is -1.86. The summed E-state index contributed by atoms with van der Waals surface area (Å²) in [6, 6.07) is 0. The van der Waals surface area contributed by atoms with Gasteiger partial charge >= 0.3 is 0 Å². The molecule has 9 aliphatic rings. The van der Waals surface area contributed by atoms with Crippen LogP contribution in [0.2, 0.25) is 0 Å². The van der Waals surface area contributed by atoms with Crippen LogP contribution in [0.3, 0.4) is 0 Å². The molecule has 2 bridgehead atoms. The van der Waals surface area contributed by atoms with Gasteiger partial charge in [-0.1, -0.05) is 39.3 Å². The number of fused-ring (bicyclic) bond motifs is 4. The van der Waals surface area contributed by atoms with Gasteiger partial charge in [-0.05, 0) is 93.3 Å². The van der Waals surface area contributed by atoms with Crippen LogP contribution in [-0.4, -0.2) is 187 Å². The van der Waals surface area contributed by atoms with Gasteiger partial charge in [-0.25, -0.2) is 0 Å². The summed E-state index contributed by atoms with van der Waals surface area (Å²) in [6.45, 7) is 13.9. The van der Waals surface area contributed by atoms with Crippen LogP contribution in [0.5, 0.6) is 0 Å². The first-order chi connectivity index (χ1) is 30.5. The number of ether oxygens (including phenoxy) is 8. The topological polar surface area (TPSA) is 276 Å². The lowest BCUT2D eigenvalue weighted by Gasteiger charge is -2.70. The summed E-state index contributed by atoms with van der Waals surface area (Å²) < 4.78 is 50.9. The Hall–Kier alpha value is -0.980. The maximum Gasteiger partial charge on any atom is 0.187 e. The van der Waals surface area contributed by atoms with E-state index in [-0.39, 0.29) is 40.1 Å². The zero-order chi connectivity index (χ0) is 47.0. The van der Waals surface area contributed by atoms with Crippen molar-refractivity contribution in [1.82, 2.24) is 0 Å². The van der Waals surface area contributed by atoms with Gasteiger partial charge in [0.1, 0.15) is 67.1 Å². The van der Waals surface area contributed by atoms with Crippen molar-refractivity contribution in [2.75, 3.05) is 26.4 Å². The lowest BCUT2D eigenvalue weighted by molar-refractivity contribution is -0.387. The predicted octanol–water partition coefficient (Wildman–Crippen LogP) is -0.0333. The molecule has 0 aromatic rings. The summed E-state index contributed by atoms with van der Waals surface area (Å²) in [5.41, 5.74) is -0.668. The Kier molecular flexibility index (Phi) is 12.9. The Balaban J connectivity index is 0.991. The molecule has 18 nitrogen and oxygen atoms in total. The number of aliphatic hydroxyl groups is 10. The van der Waals surface area contributed by atoms with Crippen molar-refractivity contribution >= 4 is 0 Å². The fourth-order valence-electron chi connectivity index (χ4n) is 15.9. The van der Waals surface area contributed by atoms with E-state index in [9.17, 15) is 51.1 Å². The largest absolute Gasteiger partial charge is 0.394 e. The highest BCUT2D eigenvalue weighted by molar-refractivity contribution is 5.26.